The lowest BCUT2D eigenvalue weighted by Crippen LogP contribution is -2.32. The van der Waals surface area contributed by atoms with Gasteiger partial charge in [-0.2, -0.15) is 0 Å². The third-order valence-corrected chi connectivity index (χ3v) is 3.68. The number of ether oxygens (including phenoxy) is 1. The summed E-state index contributed by atoms with van der Waals surface area (Å²) in [7, 11) is 2.19. The minimum absolute atomic E-state index is 0.704. The van der Waals surface area contributed by atoms with Crippen molar-refractivity contribution in [1.82, 2.24) is 4.90 Å². The Balaban J connectivity index is 1.76. The summed E-state index contributed by atoms with van der Waals surface area (Å²) < 4.78 is 5.86. The third kappa shape index (κ3) is 4.00. The van der Waals surface area contributed by atoms with Crippen LogP contribution in [0.5, 0.6) is 5.75 Å². The van der Waals surface area contributed by atoms with E-state index >= 15 is 0 Å². The monoisotopic (exact) mass is 248 g/mol. The van der Waals surface area contributed by atoms with Crippen LogP contribution >= 0.6 is 0 Å². The second kappa shape index (κ2) is 6.76. The van der Waals surface area contributed by atoms with Crippen molar-refractivity contribution in [2.75, 3.05) is 33.3 Å². The lowest BCUT2D eigenvalue weighted by molar-refractivity contribution is 0.160. The fraction of sp³-hybridized carbons (Fsp3) is 0.600. The van der Waals surface area contributed by atoms with Gasteiger partial charge in [0.15, 0.2) is 0 Å². The molecule has 1 aliphatic rings. The standard InChI is InChI=1S/C15H24N2O/c1-17-10-7-14(8-11-17)12-18-15-4-2-13(3-5-15)6-9-16/h2-5,14H,6-12,16H2,1H3. The molecule has 0 unspecified atom stereocenters. The van der Waals surface area contributed by atoms with E-state index in [1.54, 1.807) is 0 Å². The molecule has 1 aliphatic heterocycles. The van der Waals surface area contributed by atoms with Gasteiger partial charge in [0.1, 0.15) is 5.75 Å². The molecule has 1 aromatic rings. The van der Waals surface area contributed by atoms with Crippen molar-refractivity contribution in [3.05, 3.63) is 29.8 Å². The Hall–Kier alpha value is -1.06. The quantitative estimate of drug-likeness (QED) is 0.865. The average Bonchev–Trinajstić information content (AvgIpc) is 2.40. The van der Waals surface area contributed by atoms with E-state index in [1.807, 2.05) is 0 Å². The van der Waals surface area contributed by atoms with Crippen LogP contribution in [0.25, 0.3) is 0 Å². The van der Waals surface area contributed by atoms with Gasteiger partial charge < -0.3 is 15.4 Å². The predicted octanol–water partition coefficient (Wildman–Crippen LogP) is 1.91. The van der Waals surface area contributed by atoms with Crippen LogP contribution in [0.4, 0.5) is 0 Å². The van der Waals surface area contributed by atoms with Crippen molar-refractivity contribution in [2.45, 2.75) is 19.3 Å². The Morgan fingerprint density at radius 3 is 2.50 bits per heavy atom. The van der Waals surface area contributed by atoms with Crippen molar-refractivity contribution in [2.24, 2.45) is 11.7 Å². The Kier molecular flexibility index (Phi) is 5.02. The van der Waals surface area contributed by atoms with Gasteiger partial charge in [-0.05, 0) is 69.6 Å². The molecular formula is C15H24N2O. The zero-order valence-corrected chi connectivity index (χ0v) is 11.3. The fourth-order valence-electron chi connectivity index (χ4n) is 2.36. The molecular weight excluding hydrogens is 224 g/mol. The Bertz CT molecular complexity index is 342. The molecule has 2 rings (SSSR count). The molecule has 0 radical (unpaired) electrons. The van der Waals surface area contributed by atoms with Crippen molar-refractivity contribution in [3.63, 3.8) is 0 Å². The fourth-order valence-corrected chi connectivity index (χ4v) is 2.36. The van der Waals surface area contributed by atoms with E-state index in [4.69, 9.17) is 10.5 Å². The molecule has 0 spiro atoms. The van der Waals surface area contributed by atoms with E-state index in [0.29, 0.717) is 12.5 Å². The second-order valence-corrected chi connectivity index (χ2v) is 5.24. The number of nitrogens with two attached hydrogens (primary N) is 1. The van der Waals surface area contributed by atoms with E-state index in [2.05, 4.69) is 36.2 Å². The first-order chi connectivity index (χ1) is 8.78. The highest BCUT2D eigenvalue weighted by Crippen LogP contribution is 2.19. The van der Waals surface area contributed by atoms with Crippen LogP contribution in [0.15, 0.2) is 24.3 Å². The highest BCUT2D eigenvalue weighted by atomic mass is 16.5. The number of nitrogens with zero attached hydrogens (tertiary/aromatic N) is 1. The zero-order chi connectivity index (χ0) is 12.8. The molecule has 2 N–H and O–H groups in total. The number of piperidine rings is 1. The van der Waals surface area contributed by atoms with Gasteiger partial charge in [0.25, 0.3) is 0 Å². The number of rotatable bonds is 5. The van der Waals surface area contributed by atoms with Crippen molar-refractivity contribution >= 4 is 0 Å². The third-order valence-electron chi connectivity index (χ3n) is 3.68. The first-order valence-corrected chi connectivity index (χ1v) is 6.88. The summed E-state index contributed by atoms with van der Waals surface area (Å²) in [6.07, 6.45) is 3.44. The molecule has 0 atom stereocenters. The normalized spacial score (nSPS) is 17.9. The maximum Gasteiger partial charge on any atom is 0.119 e. The number of hydrogen-bond acceptors (Lipinski definition) is 3. The number of likely N-dealkylation sites (tertiary alicyclic amines) is 1. The number of benzene rings is 1. The van der Waals surface area contributed by atoms with Gasteiger partial charge in [0.2, 0.25) is 0 Å². The maximum absolute atomic E-state index is 5.86. The molecule has 3 nitrogen and oxygen atoms in total. The molecule has 18 heavy (non-hydrogen) atoms. The van der Waals surface area contributed by atoms with Gasteiger partial charge in [0.05, 0.1) is 6.61 Å². The lowest BCUT2D eigenvalue weighted by atomic mass is 9.98. The molecule has 0 saturated carbocycles. The Morgan fingerprint density at radius 2 is 1.89 bits per heavy atom. The molecule has 100 valence electrons. The first kappa shape index (κ1) is 13.4. The topological polar surface area (TPSA) is 38.5 Å². The van der Waals surface area contributed by atoms with Crippen LogP contribution in [0.1, 0.15) is 18.4 Å². The van der Waals surface area contributed by atoms with Crippen molar-refractivity contribution in [1.29, 1.82) is 0 Å². The van der Waals surface area contributed by atoms with Gasteiger partial charge >= 0.3 is 0 Å². The summed E-state index contributed by atoms with van der Waals surface area (Å²) >= 11 is 0. The minimum atomic E-state index is 0.704. The highest BCUT2D eigenvalue weighted by molar-refractivity contribution is 5.27. The van der Waals surface area contributed by atoms with Gasteiger partial charge in [-0.1, -0.05) is 12.1 Å². The molecule has 1 heterocycles. The van der Waals surface area contributed by atoms with Crippen LogP contribution in [0.3, 0.4) is 0 Å². The first-order valence-electron chi connectivity index (χ1n) is 6.88. The lowest BCUT2D eigenvalue weighted by Gasteiger charge is -2.28. The smallest absolute Gasteiger partial charge is 0.119 e. The summed E-state index contributed by atoms with van der Waals surface area (Å²) in [5, 5.41) is 0. The van der Waals surface area contributed by atoms with E-state index in [0.717, 1.165) is 18.8 Å². The number of hydrogen-bond donors (Lipinski definition) is 1. The van der Waals surface area contributed by atoms with Crippen LogP contribution < -0.4 is 10.5 Å². The summed E-state index contributed by atoms with van der Waals surface area (Å²) in [6, 6.07) is 8.33. The summed E-state index contributed by atoms with van der Waals surface area (Å²) in [5.41, 5.74) is 6.81. The summed E-state index contributed by atoms with van der Waals surface area (Å²) in [6.45, 7) is 3.95. The van der Waals surface area contributed by atoms with Gasteiger partial charge in [-0.25, -0.2) is 0 Å². The molecule has 1 saturated heterocycles. The van der Waals surface area contributed by atoms with Crippen LogP contribution in [-0.4, -0.2) is 38.2 Å². The predicted molar refractivity (Wildman–Crippen MR) is 74.9 cm³/mol. The second-order valence-electron chi connectivity index (χ2n) is 5.24. The summed E-state index contributed by atoms with van der Waals surface area (Å²) in [5.74, 6) is 1.69. The van der Waals surface area contributed by atoms with Crippen LogP contribution in [0.2, 0.25) is 0 Å². The molecule has 0 amide bonds. The van der Waals surface area contributed by atoms with E-state index < -0.39 is 0 Å². The largest absolute Gasteiger partial charge is 0.493 e. The molecule has 0 aliphatic carbocycles. The molecule has 0 bridgehead atoms. The Labute approximate surface area is 110 Å². The van der Waals surface area contributed by atoms with E-state index in [1.165, 1.54) is 31.5 Å². The van der Waals surface area contributed by atoms with E-state index in [-0.39, 0.29) is 0 Å². The average molecular weight is 248 g/mol. The molecule has 0 aromatic heterocycles. The Morgan fingerprint density at radius 1 is 1.22 bits per heavy atom. The SMILES string of the molecule is CN1CCC(COc2ccc(CCN)cc2)CC1. The molecule has 3 heteroatoms. The van der Waals surface area contributed by atoms with Crippen molar-refractivity contribution in [3.8, 4) is 5.75 Å². The van der Waals surface area contributed by atoms with Crippen LogP contribution in [0, 0.1) is 5.92 Å². The highest BCUT2D eigenvalue weighted by Gasteiger charge is 2.16. The van der Waals surface area contributed by atoms with Crippen LogP contribution in [-0.2, 0) is 6.42 Å². The minimum Gasteiger partial charge on any atom is -0.493 e. The van der Waals surface area contributed by atoms with Gasteiger partial charge in [-0.15, -0.1) is 0 Å². The van der Waals surface area contributed by atoms with E-state index in [9.17, 15) is 0 Å². The zero-order valence-electron chi connectivity index (χ0n) is 11.3. The maximum atomic E-state index is 5.86. The van der Waals surface area contributed by atoms with Gasteiger partial charge in [0, 0.05) is 0 Å². The molecule has 1 fully saturated rings. The summed E-state index contributed by atoms with van der Waals surface area (Å²) in [4.78, 5) is 2.39. The molecule has 1 aromatic carbocycles. The van der Waals surface area contributed by atoms with Gasteiger partial charge in [-0.3, -0.25) is 0 Å². The van der Waals surface area contributed by atoms with Crippen molar-refractivity contribution < 1.29 is 4.74 Å².